The van der Waals surface area contributed by atoms with Crippen molar-refractivity contribution in [1.82, 2.24) is 5.32 Å². The summed E-state index contributed by atoms with van der Waals surface area (Å²) in [6.45, 7) is 3.70. The van der Waals surface area contributed by atoms with E-state index in [2.05, 4.69) is 79.9 Å². The number of hydrogen-bond donors (Lipinski definition) is 6. The number of carbonyl (C=O) groups excluding carboxylic acids is 1. The molecular formula is C72H131NO8. The average Bonchev–Trinajstić information content (AvgIpc) is 3.48. The first-order valence-electron chi connectivity index (χ1n) is 34.7. The normalized spacial score (nSPS) is 18.8. The van der Waals surface area contributed by atoms with Crippen molar-refractivity contribution < 1.29 is 39.8 Å². The van der Waals surface area contributed by atoms with Gasteiger partial charge in [-0.05, 0) is 64.2 Å². The van der Waals surface area contributed by atoms with Crippen molar-refractivity contribution in [2.75, 3.05) is 13.2 Å². The van der Waals surface area contributed by atoms with Gasteiger partial charge in [0.25, 0.3) is 0 Å². The third-order valence-corrected chi connectivity index (χ3v) is 16.3. The van der Waals surface area contributed by atoms with E-state index < -0.39 is 49.5 Å². The van der Waals surface area contributed by atoms with Gasteiger partial charge in [-0.15, -0.1) is 0 Å². The van der Waals surface area contributed by atoms with Crippen molar-refractivity contribution in [1.29, 1.82) is 0 Å². The van der Waals surface area contributed by atoms with Crippen LogP contribution >= 0.6 is 0 Å². The molecule has 7 atom stereocenters. The van der Waals surface area contributed by atoms with Crippen molar-refractivity contribution in [3.05, 3.63) is 72.9 Å². The maximum absolute atomic E-state index is 13.1. The minimum atomic E-state index is -1.57. The van der Waals surface area contributed by atoms with Crippen LogP contribution in [0.25, 0.3) is 0 Å². The molecule has 0 aliphatic carbocycles. The molecule has 1 heterocycles. The lowest BCUT2D eigenvalue weighted by atomic mass is 9.99. The second kappa shape index (κ2) is 60.7. The molecule has 9 heteroatoms. The van der Waals surface area contributed by atoms with Crippen LogP contribution in [0.2, 0.25) is 0 Å². The minimum absolute atomic E-state index is 0.172. The molecule has 9 nitrogen and oxygen atoms in total. The van der Waals surface area contributed by atoms with E-state index in [1.165, 1.54) is 231 Å². The number of allylic oxidation sites excluding steroid dienone is 11. The molecule has 0 aromatic rings. The predicted molar refractivity (Wildman–Crippen MR) is 345 cm³/mol. The lowest BCUT2D eigenvalue weighted by Crippen LogP contribution is -2.60. The molecule has 0 bridgehead atoms. The Bertz CT molecular complexity index is 1510. The van der Waals surface area contributed by atoms with E-state index in [0.29, 0.717) is 6.42 Å². The zero-order valence-corrected chi connectivity index (χ0v) is 52.8. The van der Waals surface area contributed by atoms with Gasteiger partial charge in [-0.1, -0.05) is 324 Å². The van der Waals surface area contributed by atoms with Crippen molar-refractivity contribution in [2.24, 2.45) is 0 Å². The van der Waals surface area contributed by atoms with Gasteiger partial charge in [0.05, 0.1) is 25.4 Å². The van der Waals surface area contributed by atoms with Crippen LogP contribution in [0.5, 0.6) is 0 Å². The highest BCUT2D eigenvalue weighted by molar-refractivity contribution is 5.76. The lowest BCUT2D eigenvalue weighted by molar-refractivity contribution is -0.302. The Morgan fingerprint density at radius 2 is 0.765 bits per heavy atom. The molecule has 0 saturated carbocycles. The topological polar surface area (TPSA) is 149 Å². The zero-order chi connectivity index (χ0) is 58.6. The van der Waals surface area contributed by atoms with E-state index in [0.717, 1.165) is 70.6 Å². The number of rotatable bonds is 60. The zero-order valence-electron chi connectivity index (χ0n) is 52.8. The van der Waals surface area contributed by atoms with E-state index in [1.54, 1.807) is 6.08 Å². The summed E-state index contributed by atoms with van der Waals surface area (Å²) in [4.78, 5) is 13.1. The van der Waals surface area contributed by atoms with Crippen LogP contribution in [-0.4, -0.2) is 87.5 Å². The summed E-state index contributed by atoms with van der Waals surface area (Å²) in [6.07, 6.45) is 78.7. The largest absolute Gasteiger partial charge is 0.394 e. The summed E-state index contributed by atoms with van der Waals surface area (Å²) in [5.41, 5.74) is 0. The van der Waals surface area contributed by atoms with Gasteiger partial charge in [-0.3, -0.25) is 4.79 Å². The fourth-order valence-corrected chi connectivity index (χ4v) is 10.9. The van der Waals surface area contributed by atoms with Gasteiger partial charge in [0.15, 0.2) is 6.29 Å². The molecule has 1 rings (SSSR count). The number of carbonyl (C=O) groups is 1. The van der Waals surface area contributed by atoms with E-state index in [1.807, 2.05) is 6.08 Å². The molecule has 0 aromatic heterocycles. The monoisotopic (exact) mass is 1140 g/mol. The molecule has 1 saturated heterocycles. The highest BCUT2D eigenvalue weighted by Gasteiger charge is 2.44. The average molecular weight is 1140 g/mol. The summed E-state index contributed by atoms with van der Waals surface area (Å²) >= 11 is 0. The van der Waals surface area contributed by atoms with Crippen molar-refractivity contribution in [2.45, 2.75) is 365 Å². The Balaban J connectivity index is 2.07. The molecule has 0 aromatic carbocycles. The molecule has 1 amide bonds. The summed E-state index contributed by atoms with van der Waals surface area (Å²) in [6, 6.07) is -0.806. The van der Waals surface area contributed by atoms with Crippen LogP contribution in [0.1, 0.15) is 322 Å². The second-order valence-corrected chi connectivity index (χ2v) is 23.9. The van der Waals surface area contributed by atoms with Crippen LogP contribution in [0.15, 0.2) is 72.9 Å². The van der Waals surface area contributed by atoms with E-state index in [4.69, 9.17) is 9.47 Å². The van der Waals surface area contributed by atoms with Crippen molar-refractivity contribution in [3.63, 3.8) is 0 Å². The number of hydrogen-bond acceptors (Lipinski definition) is 8. The molecular weight excluding hydrogens is 1010 g/mol. The maximum atomic E-state index is 13.1. The highest BCUT2D eigenvalue weighted by Crippen LogP contribution is 2.23. The number of unbranched alkanes of at least 4 members (excludes halogenated alkanes) is 40. The predicted octanol–water partition coefficient (Wildman–Crippen LogP) is 18.8. The van der Waals surface area contributed by atoms with E-state index in [-0.39, 0.29) is 12.5 Å². The van der Waals surface area contributed by atoms with Crippen molar-refractivity contribution >= 4 is 5.91 Å². The summed E-state index contributed by atoms with van der Waals surface area (Å²) in [5, 5.41) is 54.7. The molecule has 1 fully saturated rings. The Kier molecular flexibility index (Phi) is 57.5. The van der Waals surface area contributed by atoms with Crippen LogP contribution in [-0.2, 0) is 14.3 Å². The standard InChI is InChI=1S/C72H131NO8/c1-3-5-7-9-11-13-15-17-19-21-23-24-25-26-27-28-29-30-31-32-33-34-35-36-37-38-39-40-41-42-44-46-48-50-52-54-56-58-60-62-68(76)73-65(64-80-72-71(79)70(78)69(77)67(63-74)81-72)66(75)61-59-57-55-53-51-49-47-45-43-22-20-18-16-14-12-10-8-6-4-2/h5,7,11,13,17,19,23-24,26-27,59,61,65-67,69-72,74-75,77-79H,3-4,6,8-10,12,14-16,18,20-22,25,28-58,60,62-64H2,1-2H3,(H,73,76)/b7-5-,13-11-,19-17-,24-23-,27-26-,61-59+. The van der Waals surface area contributed by atoms with Gasteiger partial charge in [-0.2, -0.15) is 0 Å². The van der Waals surface area contributed by atoms with E-state index in [9.17, 15) is 30.3 Å². The van der Waals surface area contributed by atoms with Crippen molar-refractivity contribution in [3.8, 4) is 0 Å². The fraction of sp³-hybridized carbons (Fsp3) is 0.819. The summed E-state index contributed by atoms with van der Waals surface area (Å²) < 4.78 is 11.3. The second-order valence-electron chi connectivity index (χ2n) is 23.9. The highest BCUT2D eigenvalue weighted by atomic mass is 16.7. The molecule has 0 radical (unpaired) electrons. The lowest BCUT2D eigenvalue weighted by Gasteiger charge is -2.40. The van der Waals surface area contributed by atoms with Crippen LogP contribution in [0.4, 0.5) is 0 Å². The molecule has 1 aliphatic heterocycles. The SMILES string of the molecule is CC/C=C\C/C=C\C/C=C\C/C=C\C/C=C\CCCCCCCCCCCCCCCCCCCCCCCCCC(=O)NC(COC1OC(CO)C(O)C(O)C1O)C(O)/C=C/CCCCCCCCCCCCCCCCCCC. The summed E-state index contributed by atoms with van der Waals surface area (Å²) in [5.74, 6) is -0.172. The van der Waals surface area contributed by atoms with Gasteiger partial charge in [0.1, 0.15) is 24.4 Å². The third-order valence-electron chi connectivity index (χ3n) is 16.3. The first-order valence-corrected chi connectivity index (χ1v) is 34.7. The van der Waals surface area contributed by atoms with Gasteiger partial charge in [-0.25, -0.2) is 0 Å². The molecule has 81 heavy (non-hydrogen) atoms. The quantitative estimate of drug-likeness (QED) is 0.0261. The molecule has 472 valence electrons. The van der Waals surface area contributed by atoms with Gasteiger partial charge >= 0.3 is 0 Å². The smallest absolute Gasteiger partial charge is 0.220 e. The molecule has 1 aliphatic rings. The molecule has 0 spiro atoms. The molecule has 6 N–H and O–H groups in total. The van der Waals surface area contributed by atoms with Crippen LogP contribution in [0, 0.1) is 0 Å². The number of amides is 1. The third kappa shape index (κ3) is 49.6. The first-order chi connectivity index (χ1) is 39.8. The number of ether oxygens (including phenoxy) is 2. The molecule has 7 unspecified atom stereocenters. The number of aliphatic hydroxyl groups excluding tert-OH is 5. The number of aliphatic hydroxyl groups is 5. The van der Waals surface area contributed by atoms with Gasteiger partial charge in [0, 0.05) is 6.42 Å². The van der Waals surface area contributed by atoms with E-state index >= 15 is 0 Å². The Labute approximate surface area is 499 Å². The first kappa shape index (κ1) is 76.6. The Morgan fingerprint density at radius 3 is 1.14 bits per heavy atom. The minimum Gasteiger partial charge on any atom is -0.394 e. The van der Waals surface area contributed by atoms with Crippen LogP contribution < -0.4 is 5.32 Å². The van der Waals surface area contributed by atoms with Crippen LogP contribution in [0.3, 0.4) is 0 Å². The number of nitrogens with one attached hydrogen (secondary N) is 1. The fourth-order valence-electron chi connectivity index (χ4n) is 10.9. The van der Waals surface area contributed by atoms with Gasteiger partial charge in [0.2, 0.25) is 5.91 Å². The summed E-state index contributed by atoms with van der Waals surface area (Å²) in [7, 11) is 0. The Morgan fingerprint density at radius 1 is 0.432 bits per heavy atom. The maximum Gasteiger partial charge on any atom is 0.220 e. The Hall–Kier alpha value is -2.37. The van der Waals surface area contributed by atoms with Gasteiger partial charge < -0.3 is 40.3 Å².